The van der Waals surface area contributed by atoms with E-state index in [-0.39, 0.29) is 22.0 Å². The standard InChI is InChI=1S/C13H11ClF2N2O/c1-13(2,19)8-3-11(17-6-10(8)16)7-5-18-12(14)4-9(7)15/h3-6,19H,1-2H3. The van der Waals surface area contributed by atoms with E-state index >= 15 is 0 Å². The molecule has 1 N–H and O–H groups in total. The highest BCUT2D eigenvalue weighted by Crippen LogP contribution is 2.28. The minimum absolute atomic E-state index is 0.0195. The first-order valence-corrected chi connectivity index (χ1v) is 5.86. The molecule has 0 atom stereocenters. The van der Waals surface area contributed by atoms with E-state index in [1.807, 2.05) is 0 Å². The SMILES string of the molecule is CC(C)(O)c1cc(-c2cnc(Cl)cc2F)ncc1F. The third-order valence-electron chi connectivity index (χ3n) is 2.61. The molecule has 0 aliphatic carbocycles. The number of rotatable bonds is 2. The third kappa shape index (κ3) is 2.88. The van der Waals surface area contributed by atoms with Gasteiger partial charge in [-0.05, 0) is 19.9 Å². The van der Waals surface area contributed by atoms with Gasteiger partial charge in [0.1, 0.15) is 16.8 Å². The van der Waals surface area contributed by atoms with Crippen LogP contribution in [-0.2, 0) is 5.60 Å². The van der Waals surface area contributed by atoms with Crippen molar-refractivity contribution in [2.45, 2.75) is 19.4 Å². The summed E-state index contributed by atoms with van der Waals surface area (Å²) in [5.74, 6) is -1.26. The zero-order valence-electron chi connectivity index (χ0n) is 10.3. The number of aliphatic hydroxyl groups is 1. The molecule has 2 aromatic heterocycles. The monoisotopic (exact) mass is 284 g/mol. The van der Waals surface area contributed by atoms with Gasteiger partial charge in [0.05, 0.1) is 23.1 Å². The minimum atomic E-state index is -1.39. The molecule has 0 spiro atoms. The van der Waals surface area contributed by atoms with Gasteiger partial charge in [0.15, 0.2) is 0 Å². The van der Waals surface area contributed by atoms with E-state index in [1.165, 1.54) is 26.1 Å². The van der Waals surface area contributed by atoms with Crippen LogP contribution in [0.25, 0.3) is 11.3 Å². The van der Waals surface area contributed by atoms with Crippen molar-refractivity contribution in [1.82, 2.24) is 9.97 Å². The Morgan fingerprint density at radius 1 is 1.11 bits per heavy atom. The second-order valence-corrected chi connectivity index (χ2v) is 4.98. The molecule has 2 heterocycles. The van der Waals surface area contributed by atoms with Gasteiger partial charge in [0.25, 0.3) is 0 Å². The van der Waals surface area contributed by atoms with Crippen LogP contribution in [0.5, 0.6) is 0 Å². The number of halogens is 3. The highest BCUT2D eigenvalue weighted by molar-refractivity contribution is 6.29. The summed E-state index contributed by atoms with van der Waals surface area (Å²) in [4.78, 5) is 7.56. The van der Waals surface area contributed by atoms with Crippen LogP contribution in [0.15, 0.2) is 24.5 Å². The smallest absolute Gasteiger partial charge is 0.147 e. The van der Waals surface area contributed by atoms with E-state index < -0.39 is 17.2 Å². The van der Waals surface area contributed by atoms with Crippen LogP contribution in [0.1, 0.15) is 19.4 Å². The van der Waals surface area contributed by atoms with Crippen molar-refractivity contribution in [2.24, 2.45) is 0 Å². The van der Waals surface area contributed by atoms with Gasteiger partial charge in [-0.1, -0.05) is 11.6 Å². The van der Waals surface area contributed by atoms with E-state index in [0.717, 1.165) is 12.3 Å². The van der Waals surface area contributed by atoms with Crippen LogP contribution in [0.2, 0.25) is 5.15 Å². The van der Waals surface area contributed by atoms with Gasteiger partial charge in [-0.15, -0.1) is 0 Å². The maximum Gasteiger partial charge on any atom is 0.147 e. The molecule has 0 saturated carbocycles. The molecule has 0 aromatic carbocycles. The average molecular weight is 285 g/mol. The van der Waals surface area contributed by atoms with Gasteiger partial charge in [-0.2, -0.15) is 0 Å². The maximum absolute atomic E-state index is 13.7. The second kappa shape index (κ2) is 4.83. The average Bonchev–Trinajstić information content (AvgIpc) is 2.29. The van der Waals surface area contributed by atoms with Crippen molar-refractivity contribution in [3.05, 3.63) is 46.9 Å². The van der Waals surface area contributed by atoms with Crippen LogP contribution in [0.3, 0.4) is 0 Å². The number of aromatic nitrogens is 2. The first-order chi connectivity index (χ1) is 8.79. The molecule has 2 rings (SSSR count). The zero-order valence-corrected chi connectivity index (χ0v) is 11.0. The molecule has 0 fully saturated rings. The Hall–Kier alpha value is -1.59. The highest BCUT2D eigenvalue weighted by atomic mass is 35.5. The first kappa shape index (κ1) is 13.8. The summed E-state index contributed by atoms with van der Waals surface area (Å²) >= 11 is 5.56. The Labute approximate surface area is 113 Å². The van der Waals surface area contributed by atoms with Crippen molar-refractivity contribution >= 4 is 11.6 Å². The molecule has 0 amide bonds. The fourth-order valence-electron chi connectivity index (χ4n) is 1.65. The summed E-state index contributed by atoms with van der Waals surface area (Å²) in [6.45, 7) is 2.87. The number of hydrogen-bond donors (Lipinski definition) is 1. The number of nitrogens with zero attached hydrogens (tertiary/aromatic N) is 2. The molecule has 0 saturated heterocycles. The predicted octanol–water partition coefficient (Wildman–Crippen LogP) is 3.30. The Morgan fingerprint density at radius 2 is 1.79 bits per heavy atom. The van der Waals surface area contributed by atoms with Gasteiger partial charge in [-0.3, -0.25) is 4.98 Å². The fourth-order valence-corrected chi connectivity index (χ4v) is 1.80. The van der Waals surface area contributed by atoms with Crippen LogP contribution < -0.4 is 0 Å². The molecule has 19 heavy (non-hydrogen) atoms. The quantitative estimate of drug-likeness (QED) is 0.861. The molecule has 0 unspecified atom stereocenters. The van der Waals surface area contributed by atoms with Gasteiger partial charge < -0.3 is 5.11 Å². The summed E-state index contributed by atoms with van der Waals surface area (Å²) in [6, 6.07) is 2.34. The minimum Gasteiger partial charge on any atom is -0.386 e. The predicted molar refractivity (Wildman–Crippen MR) is 67.6 cm³/mol. The molecule has 0 radical (unpaired) electrons. The van der Waals surface area contributed by atoms with Gasteiger partial charge in [0.2, 0.25) is 0 Å². The third-order valence-corrected chi connectivity index (χ3v) is 2.82. The zero-order chi connectivity index (χ0) is 14.2. The summed E-state index contributed by atoms with van der Waals surface area (Å²) < 4.78 is 27.3. The topological polar surface area (TPSA) is 46.0 Å². The summed E-state index contributed by atoms with van der Waals surface area (Å²) in [6.07, 6.45) is 2.16. The molecule has 0 aliphatic rings. The van der Waals surface area contributed by atoms with Gasteiger partial charge in [-0.25, -0.2) is 13.8 Å². The molecule has 100 valence electrons. The molecule has 3 nitrogen and oxygen atoms in total. The Bertz CT molecular complexity index is 627. The number of hydrogen-bond acceptors (Lipinski definition) is 3. The molecule has 6 heteroatoms. The van der Waals surface area contributed by atoms with Crippen LogP contribution in [0, 0.1) is 11.6 Å². The first-order valence-electron chi connectivity index (χ1n) is 5.49. The van der Waals surface area contributed by atoms with Crippen LogP contribution in [-0.4, -0.2) is 15.1 Å². The lowest BCUT2D eigenvalue weighted by Crippen LogP contribution is -2.18. The van der Waals surface area contributed by atoms with Crippen LogP contribution >= 0.6 is 11.6 Å². The van der Waals surface area contributed by atoms with Gasteiger partial charge >= 0.3 is 0 Å². The lowest BCUT2D eigenvalue weighted by molar-refractivity contribution is 0.0744. The maximum atomic E-state index is 13.7. The van der Waals surface area contributed by atoms with E-state index in [2.05, 4.69) is 9.97 Å². The normalized spacial score (nSPS) is 11.7. The molecule has 2 aromatic rings. The van der Waals surface area contributed by atoms with Crippen molar-refractivity contribution < 1.29 is 13.9 Å². The summed E-state index contributed by atoms with van der Waals surface area (Å²) in [5.41, 5.74) is -1.08. The van der Waals surface area contributed by atoms with E-state index in [4.69, 9.17) is 11.6 Å². The van der Waals surface area contributed by atoms with Crippen molar-refractivity contribution in [3.63, 3.8) is 0 Å². The molecular weight excluding hydrogens is 274 g/mol. The van der Waals surface area contributed by atoms with Crippen LogP contribution in [0.4, 0.5) is 8.78 Å². The van der Waals surface area contributed by atoms with Crippen molar-refractivity contribution in [1.29, 1.82) is 0 Å². The molecule has 0 aliphatic heterocycles. The molecule has 0 bridgehead atoms. The Balaban J connectivity index is 2.58. The van der Waals surface area contributed by atoms with Crippen molar-refractivity contribution in [2.75, 3.05) is 0 Å². The largest absolute Gasteiger partial charge is 0.386 e. The van der Waals surface area contributed by atoms with Gasteiger partial charge in [0, 0.05) is 17.8 Å². The fraction of sp³-hybridized carbons (Fsp3) is 0.231. The molecular formula is C13H11ClF2N2O. The summed E-state index contributed by atoms with van der Waals surface area (Å²) in [5, 5.41) is 9.88. The lowest BCUT2D eigenvalue weighted by atomic mass is 9.97. The Kier molecular flexibility index (Phi) is 3.52. The van der Waals surface area contributed by atoms with E-state index in [1.54, 1.807) is 0 Å². The Morgan fingerprint density at radius 3 is 2.37 bits per heavy atom. The summed E-state index contributed by atoms with van der Waals surface area (Å²) in [7, 11) is 0. The highest BCUT2D eigenvalue weighted by Gasteiger charge is 2.22. The van der Waals surface area contributed by atoms with E-state index in [9.17, 15) is 13.9 Å². The lowest BCUT2D eigenvalue weighted by Gasteiger charge is -2.19. The van der Waals surface area contributed by atoms with Crippen molar-refractivity contribution in [3.8, 4) is 11.3 Å². The van der Waals surface area contributed by atoms with E-state index in [0.29, 0.717) is 0 Å². The second-order valence-electron chi connectivity index (χ2n) is 4.60. The number of pyridine rings is 2.